The van der Waals surface area contributed by atoms with Crippen molar-refractivity contribution in [2.75, 3.05) is 0 Å². The van der Waals surface area contributed by atoms with Gasteiger partial charge in [-0.2, -0.15) is 15.3 Å². The number of aryl methyl sites for hydroxylation is 1. The van der Waals surface area contributed by atoms with Crippen molar-refractivity contribution in [2.24, 2.45) is 5.92 Å². The van der Waals surface area contributed by atoms with Crippen LogP contribution in [0, 0.1) is 17.2 Å². The zero-order chi connectivity index (χ0) is 25.9. The molecule has 188 valence electrons. The third-order valence-corrected chi connectivity index (χ3v) is 7.42. The fourth-order valence-electron chi connectivity index (χ4n) is 5.50. The van der Waals surface area contributed by atoms with Crippen LogP contribution < -0.4 is 5.56 Å². The highest BCUT2D eigenvalue weighted by molar-refractivity contribution is 5.71. The van der Waals surface area contributed by atoms with E-state index >= 15 is 0 Å². The van der Waals surface area contributed by atoms with Gasteiger partial charge in [-0.3, -0.25) is 14.2 Å². The maximum atomic E-state index is 14.0. The summed E-state index contributed by atoms with van der Waals surface area (Å²) in [4.78, 5) is 29.9. The Kier molecular flexibility index (Phi) is 6.87. The molecule has 1 aliphatic rings. The van der Waals surface area contributed by atoms with E-state index in [1.807, 2.05) is 42.5 Å². The molecule has 1 aliphatic carbocycles. The Balaban J connectivity index is 1.53. The fourth-order valence-corrected chi connectivity index (χ4v) is 5.50. The molecule has 4 aromatic rings. The van der Waals surface area contributed by atoms with Crippen LogP contribution in [0.1, 0.15) is 67.5 Å². The summed E-state index contributed by atoms with van der Waals surface area (Å²) in [5, 5.41) is 23.3. The molecule has 0 spiro atoms. The summed E-state index contributed by atoms with van der Waals surface area (Å²) in [5.41, 5.74) is 4.95. The highest BCUT2D eigenvalue weighted by Gasteiger charge is 2.30. The van der Waals surface area contributed by atoms with Crippen molar-refractivity contribution in [3.8, 4) is 17.2 Å². The van der Waals surface area contributed by atoms with Gasteiger partial charge in [-0.15, -0.1) is 0 Å². The number of nitrogens with zero attached hydrogens (tertiary/aromatic N) is 5. The molecule has 0 atom stereocenters. The molecule has 8 nitrogen and oxygen atoms in total. The highest BCUT2D eigenvalue weighted by atomic mass is 16.4. The summed E-state index contributed by atoms with van der Waals surface area (Å²) >= 11 is 0. The van der Waals surface area contributed by atoms with Crippen LogP contribution in [-0.4, -0.2) is 30.2 Å². The van der Waals surface area contributed by atoms with Crippen molar-refractivity contribution in [1.29, 1.82) is 5.26 Å². The van der Waals surface area contributed by atoms with Gasteiger partial charge < -0.3 is 5.11 Å². The summed E-state index contributed by atoms with van der Waals surface area (Å²) in [5.74, 6) is -0.595. The minimum Gasteiger partial charge on any atom is -0.481 e. The van der Waals surface area contributed by atoms with Gasteiger partial charge >= 0.3 is 5.97 Å². The molecule has 1 N–H and O–H groups in total. The number of hydrogen-bond donors (Lipinski definition) is 1. The first-order valence-electron chi connectivity index (χ1n) is 12.8. The van der Waals surface area contributed by atoms with Gasteiger partial charge in [-0.25, -0.2) is 4.52 Å². The Hall–Kier alpha value is -4.25. The van der Waals surface area contributed by atoms with Gasteiger partial charge in [-0.05, 0) is 54.9 Å². The van der Waals surface area contributed by atoms with Gasteiger partial charge in [0.05, 0.1) is 23.2 Å². The third-order valence-electron chi connectivity index (χ3n) is 7.42. The predicted octanol–water partition coefficient (Wildman–Crippen LogP) is 4.79. The maximum absolute atomic E-state index is 14.0. The zero-order valence-corrected chi connectivity index (χ0v) is 20.8. The monoisotopic (exact) mass is 495 g/mol. The number of fused-ring (bicyclic) bond motifs is 1. The highest BCUT2D eigenvalue weighted by Crippen LogP contribution is 2.33. The first-order chi connectivity index (χ1) is 18.0. The summed E-state index contributed by atoms with van der Waals surface area (Å²) in [6.07, 6.45) is 5.84. The number of carboxylic acid groups (broad SMARTS) is 1. The van der Waals surface area contributed by atoms with Gasteiger partial charge in [-0.1, -0.05) is 55.8 Å². The normalized spacial score (nSPS) is 17.5. The number of aromatic nitrogens is 4. The van der Waals surface area contributed by atoms with E-state index in [9.17, 15) is 20.0 Å². The number of hydrogen-bond acceptors (Lipinski definition) is 5. The lowest BCUT2D eigenvalue weighted by Crippen LogP contribution is -2.34. The van der Waals surface area contributed by atoms with Gasteiger partial charge in [0.1, 0.15) is 6.33 Å². The molecule has 1 fully saturated rings. The van der Waals surface area contributed by atoms with Crippen LogP contribution in [-0.2, 0) is 17.6 Å². The van der Waals surface area contributed by atoms with E-state index < -0.39 is 5.97 Å². The van der Waals surface area contributed by atoms with E-state index in [0.717, 1.165) is 28.8 Å². The number of nitriles is 1. The lowest BCUT2D eigenvalue weighted by atomic mass is 9.86. The number of rotatable bonds is 7. The Morgan fingerprint density at radius 1 is 1.11 bits per heavy atom. The Bertz CT molecular complexity index is 1540. The number of carboxylic acids is 1. The standard InChI is InChI=1S/C29H29N5O3/c1-2-5-26-25(16-19-8-10-20(11-9-19)24-7-4-3-6-22(24)17-30)27(35)33(29-31-18-32-34(26)29)23-14-12-21(13-15-23)28(36)37/h3-4,6-11,18,21,23H,2,5,12-16H2,1H3,(H,36,37). The molecule has 2 aromatic heterocycles. The largest absolute Gasteiger partial charge is 0.481 e. The van der Waals surface area contributed by atoms with Crippen LogP contribution in [0.2, 0.25) is 0 Å². The maximum Gasteiger partial charge on any atom is 0.306 e. The van der Waals surface area contributed by atoms with Gasteiger partial charge in [0.15, 0.2) is 0 Å². The lowest BCUT2D eigenvalue weighted by molar-refractivity contribution is -0.143. The van der Waals surface area contributed by atoms with Gasteiger partial charge in [0.25, 0.3) is 5.56 Å². The van der Waals surface area contributed by atoms with Crippen molar-refractivity contribution in [3.05, 3.63) is 87.6 Å². The minimum atomic E-state index is -0.766. The zero-order valence-electron chi connectivity index (χ0n) is 20.8. The summed E-state index contributed by atoms with van der Waals surface area (Å²) in [7, 11) is 0. The molecule has 0 aliphatic heterocycles. The number of aliphatic carboxylic acids is 1. The molecular formula is C29H29N5O3. The molecule has 1 saturated carbocycles. The second-order valence-corrected chi connectivity index (χ2v) is 9.70. The number of benzene rings is 2. The van der Waals surface area contributed by atoms with E-state index in [2.05, 4.69) is 23.1 Å². The van der Waals surface area contributed by atoms with Crippen LogP contribution in [0.25, 0.3) is 16.9 Å². The van der Waals surface area contributed by atoms with E-state index in [4.69, 9.17) is 0 Å². The average Bonchev–Trinajstić information content (AvgIpc) is 3.40. The van der Waals surface area contributed by atoms with Crippen LogP contribution in [0.15, 0.2) is 59.7 Å². The molecule has 5 rings (SSSR count). The molecule has 0 unspecified atom stereocenters. The summed E-state index contributed by atoms with van der Waals surface area (Å²) in [6, 6.07) is 17.6. The molecule has 37 heavy (non-hydrogen) atoms. The lowest BCUT2D eigenvalue weighted by Gasteiger charge is -2.28. The number of carbonyl (C=O) groups is 1. The molecular weight excluding hydrogens is 466 g/mol. The van der Waals surface area contributed by atoms with E-state index in [1.54, 1.807) is 15.1 Å². The molecule has 0 radical (unpaired) electrons. The molecule has 2 heterocycles. The summed E-state index contributed by atoms with van der Waals surface area (Å²) in [6.45, 7) is 2.08. The Labute approximate surface area is 214 Å². The van der Waals surface area contributed by atoms with Gasteiger partial charge in [0, 0.05) is 18.0 Å². The second-order valence-electron chi connectivity index (χ2n) is 9.70. The van der Waals surface area contributed by atoms with E-state index in [1.165, 1.54) is 6.33 Å². The molecule has 0 amide bonds. The summed E-state index contributed by atoms with van der Waals surface area (Å²) < 4.78 is 3.54. The van der Waals surface area contributed by atoms with Crippen molar-refractivity contribution >= 4 is 11.7 Å². The minimum absolute atomic E-state index is 0.0679. The third kappa shape index (κ3) is 4.65. The quantitative estimate of drug-likeness (QED) is 0.394. The SMILES string of the molecule is CCCc1c(Cc2ccc(-c3ccccc3C#N)cc2)c(=O)n(C2CCC(C(=O)O)CC2)c2ncnn12. The van der Waals surface area contributed by atoms with Crippen molar-refractivity contribution in [1.82, 2.24) is 19.2 Å². The van der Waals surface area contributed by atoms with E-state index in [-0.39, 0.29) is 17.5 Å². The van der Waals surface area contributed by atoms with Crippen LogP contribution in [0.5, 0.6) is 0 Å². The molecule has 0 saturated heterocycles. The Morgan fingerprint density at radius 2 is 1.84 bits per heavy atom. The fraction of sp³-hybridized carbons (Fsp3) is 0.345. The predicted molar refractivity (Wildman–Crippen MR) is 139 cm³/mol. The first-order valence-corrected chi connectivity index (χ1v) is 12.8. The average molecular weight is 496 g/mol. The molecule has 8 heteroatoms. The van der Waals surface area contributed by atoms with Crippen molar-refractivity contribution in [3.63, 3.8) is 0 Å². The van der Waals surface area contributed by atoms with Crippen LogP contribution in [0.4, 0.5) is 0 Å². The first kappa shape index (κ1) is 24.4. The van der Waals surface area contributed by atoms with Crippen LogP contribution >= 0.6 is 0 Å². The van der Waals surface area contributed by atoms with Gasteiger partial charge in [0.2, 0.25) is 5.78 Å². The van der Waals surface area contributed by atoms with Crippen LogP contribution in [0.3, 0.4) is 0 Å². The second kappa shape index (κ2) is 10.4. The smallest absolute Gasteiger partial charge is 0.306 e. The van der Waals surface area contributed by atoms with Crippen molar-refractivity contribution in [2.45, 2.75) is 57.9 Å². The topological polar surface area (TPSA) is 113 Å². The molecule has 0 bridgehead atoms. The Morgan fingerprint density at radius 3 is 2.51 bits per heavy atom. The van der Waals surface area contributed by atoms with Crippen molar-refractivity contribution < 1.29 is 9.90 Å². The molecule has 2 aromatic carbocycles. The van der Waals surface area contributed by atoms with E-state index in [0.29, 0.717) is 55.4 Å².